The largest absolute Gasteiger partial charge is 0.379 e. The number of non-ortho nitro benzene ring substituents is 1. The van der Waals surface area contributed by atoms with Gasteiger partial charge in [-0.1, -0.05) is 31.4 Å². The van der Waals surface area contributed by atoms with Crippen molar-refractivity contribution in [2.75, 3.05) is 32.8 Å². The Hall–Kier alpha value is -1.46. The number of nitrogens with one attached hydrogen (secondary N) is 2. The van der Waals surface area contributed by atoms with E-state index < -0.39 is 0 Å². The number of benzene rings is 1. The van der Waals surface area contributed by atoms with Crippen LogP contribution in [-0.2, 0) is 11.3 Å². The predicted molar refractivity (Wildman–Crippen MR) is 130 cm³/mol. The molecule has 8 nitrogen and oxygen atoms in total. The van der Waals surface area contributed by atoms with Crippen LogP contribution in [0.15, 0.2) is 29.3 Å². The maximum absolute atomic E-state index is 10.8. The van der Waals surface area contributed by atoms with Gasteiger partial charge < -0.3 is 15.4 Å². The molecule has 1 saturated carbocycles. The van der Waals surface area contributed by atoms with Crippen molar-refractivity contribution in [2.45, 2.75) is 57.7 Å². The van der Waals surface area contributed by atoms with E-state index >= 15 is 0 Å². The molecule has 1 aromatic rings. The van der Waals surface area contributed by atoms with Gasteiger partial charge in [-0.3, -0.25) is 15.0 Å². The van der Waals surface area contributed by atoms with Gasteiger partial charge in [0.15, 0.2) is 5.96 Å². The second-order valence-electron chi connectivity index (χ2n) is 7.95. The van der Waals surface area contributed by atoms with Crippen LogP contribution in [0.25, 0.3) is 0 Å². The highest BCUT2D eigenvalue weighted by Gasteiger charge is 2.19. The van der Waals surface area contributed by atoms with Crippen molar-refractivity contribution in [3.8, 4) is 0 Å². The second kappa shape index (κ2) is 13.1. The number of nitro groups is 1. The Kier molecular flexibility index (Phi) is 10.8. The fourth-order valence-corrected chi connectivity index (χ4v) is 3.88. The zero-order chi connectivity index (χ0) is 20.5. The molecule has 1 atom stereocenters. The highest BCUT2D eigenvalue weighted by atomic mass is 127. The molecule has 0 radical (unpaired) electrons. The second-order valence-corrected chi connectivity index (χ2v) is 7.95. The summed E-state index contributed by atoms with van der Waals surface area (Å²) in [5, 5.41) is 17.9. The topological polar surface area (TPSA) is 92.0 Å². The molecule has 1 unspecified atom stereocenters. The van der Waals surface area contributed by atoms with E-state index in [4.69, 9.17) is 9.73 Å². The molecule has 2 aliphatic rings. The lowest BCUT2D eigenvalue weighted by molar-refractivity contribution is -0.384. The molecular formula is C21H34IN5O3. The van der Waals surface area contributed by atoms with E-state index in [0.29, 0.717) is 18.6 Å². The summed E-state index contributed by atoms with van der Waals surface area (Å²) in [6, 6.07) is 7.48. The third-order valence-electron chi connectivity index (χ3n) is 5.75. The molecule has 1 saturated heterocycles. The number of halogens is 1. The zero-order valence-electron chi connectivity index (χ0n) is 17.7. The van der Waals surface area contributed by atoms with Crippen LogP contribution in [0.2, 0.25) is 0 Å². The number of guanidine groups is 1. The maximum atomic E-state index is 10.8. The van der Waals surface area contributed by atoms with Crippen molar-refractivity contribution < 1.29 is 9.66 Å². The Bertz CT molecular complexity index is 674. The van der Waals surface area contributed by atoms with Crippen molar-refractivity contribution in [3.63, 3.8) is 0 Å². The third-order valence-corrected chi connectivity index (χ3v) is 5.75. The predicted octanol–water partition coefficient (Wildman–Crippen LogP) is 3.30. The minimum absolute atomic E-state index is 0. The van der Waals surface area contributed by atoms with Gasteiger partial charge in [-0.25, -0.2) is 4.99 Å². The molecule has 0 bridgehead atoms. The Labute approximate surface area is 196 Å². The summed E-state index contributed by atoms with van der Waals surface area (Å²) >= 11 is 0. The van der Waals surface area contributed by atoms with Gasteiger partial charge in [0.25, 0.3) is 5.69 Å². The Morgan fingerprint density at radius 1 is 1.23 bits per heavy atom. The molecule has 0 aromatic heterocycles. The molecule has 30 heavy (non-hydrogen) atoms. The Morgan fingerprint density at radius 2 is 1.90 bits per heavy atom. The number of hydrogen-bond acceptors (Lipinski definition) is 5. The van der Waals surface area contributed by atoms with Gasteiger partial charge in [0.2, 0.25) is 0 Å². The monoisotopic (exact) mass is 531 g/mol. The van der Waals surface area contributed by atoms with Gasteiger partial charge in [-0.05, 0) is 25.3 Å². The first-order chi connectivity index (χ1) is 14.1. The number of morpholine rings is 1. The molecule has 0 spiro atoms. The van der Waals surface area contributed by atoms with Crippen molar-refractivity contribution in [1.29, 1.82) is 0 Å². The van der Waals surface area contributed by atoms with Crippen LogP contribution in [-0.4, -0.2) is 60.7 Å². The smallest absolute Gasteiger partial charge is 0.269 e. The molecule has 0 amide bonds. The quantitative estimate of drug-likeness (QED) is 0.185. The van der Waals surface area contributed by atoms with Crippen LogP contribution in [0.5, 0.6) is 0 Å². The van der Waals surface area contributed by atoms with Crippen molar-refractivity contribution >= 4 is 35.6 Å². The van der Waals surface area contributed by atoms with Crippen LogP contribution in [0.3, 0.4) is 0 Å². The maximum Gasteiger partial charge on any atom is 0.269 e. The zero-order valence-corrected chi connectivity index (χ0v) is 20.0. The normalized spacial score (nSPS) is 19.6. The van der Waals surface area contributed by atoms with Crippen molar-refractivity contribution in [3.05, 3.63) is 39.9 Å². The number of nitro benzene ring substituents is 1. The average molecular weight is 531 g/mol. The van der Waals surface area contributed by atoms with E-state index in [1.165, 1.54) is 44.2 Å². The number of hydrogen-bond donors (Lipinski definition) is 2. The van der Waals surface area contributed by atoms with Gasteiger partial charge >= 0.3 is 0 Å². The van der Waals surface area contributed by atoms with E-state index in [0.717, 1.165) is 44.4 Å². The lowest BCUT2D eigenvalue weighted by atomic mass is 9.96. The first-order valence-corrected chi connectivity index (χ1v) is 10.7. The van der Waals surface area contributed by atoms with E-state index in [2.05, 4.69) is 22.5 Å². The number of rotatable bonds is 7. The van der Waals surface area contributed by atoms with Crippen LogP contribution < -0.4 is 10.6 Å². The van der Waals surface area contributed by atoms with Gasteiger partial charge in [0, 0.05) is 43.9 Å². The third kappa shape index (κ3) is 7.99. The van der Waals surface area contributed by atoms with Crippen molar-refractivity contribution in [1.82, 2.24) is 15.5 Å². The summed E-state index contributed by atoms with van der Waals surface area (Å²) in [6.07, 6.45) is 6.19. The number of aliphatic imine (C=N–C) groups is 1. The standard InChI is InChI=1S/C21H33N5O3.HI/c1-17(25-11-13-29-14-12-25)15-22-21(24-19-5-3-2-4-6-19)23-16-18-7-9-20(10-8-18)26(27)28;/h7-10,17,19H,2-6,11-16H2,1H3,(H2,22,23,24);1H. The summed E-state index contributed by atoms with van der Waals surface area (Å²) in [5.74, 6) is 0.829. The minimum Gasteiger partial charge on any atom is -0.379 e. The summed E-state index contributed by atoms with van der Waals surface area (Å²) in [5.41, 5.74) is 1.07. The minimum atomic E-state index is -0.377. The molecule has 2 fully saturated rings. The van der Waals surface area contributed by atoms with E-state index in [-0.39, 0.29) is 34.6 Å². The van der Waals surface area contributed by atoms with Crippen LogP contribution in [0, 0.1) is 10.1 Å². The molecule has 1 aromatic carbocycles. The van der Waals surface area contributed by atoms with Gasteiger partial charge in [0.1, 0.15) is 0 Å². The molecule has 3 rings (SSSR count). The molecule has 2 N–H and O–H groups in total. The molecule has 168 valence electrons. The fraction of sp³-hybridized carbons (Fsp3) is 0.667. The molecule has 1 aliphatic carbocycles. The van der Waals surface area contributed by atoms with Gasteiger partial charge in [-0.2, -0.15) is 0 Å². The van der Waals surface area contributed by atoms with Crippen LogP contribution in [0.1, 0.15) is 44.6 Å². The molecular weight excluding hydrogens is 497 g/mol. The van der Waals surface area contributed by atoms with E-state index in [1.807, 2.05) is 0 Å². The number of nitrogens with zero attached hydrogens (tertiary/aromatic N) is 3. The lowest BCUT2D eigenvalue weighted by Crippen LogP contribution is -2.51. The SMILES string of the molecule is CC(CNC(=NCc1ccc([N+](=O)[O-])cc1)NC1CCCCC1)N1CCOCC1.I. The number of ether oxygens (including phenoxy) is 1. The van der Waals surface area contributed by atoms with Gasteiger partial charge in [0.05, 0.1) is 24.7 Å². The molecule has 1 heterocycles. The summed E-state index contributed by atoms with van der Waals surface area (Å²) in [6.45, 7) is 7.07. The first-order valence-electron chi connectivity index (χ1n) is 10.7. The summed E-state index contributed by atoms with van der Waals surface area (Å²) in [7, 11) is 0. The van der Waals surface area contributed by atoms with Crippen molar-refractivity contribution in [2.24, 2.45) is 4.99 Å². The molecule has 9 heteroatoms. The van der Waals surface area contributed by atoms with E-state index in [9.17, 15) is 10.1 Å². The van der Waals surface area contributed by atoms with E-state index in [1.54, 1.807) is 12.1 Å². The average Bonchev–Trinajstić information content (AvgIpc) is 2.77. The molecule has 1 aliphatic heterocycles. The van der Waals surface area contributed by atoms with Crippen LogP contribution >= 0.6 is 24.0 Å². The summed E-state index contributed by atoms with van der Waals surface area (Å²) in [4.78, 5) is 17.6. The summed E-state index contributed by atoms with van der Waals surface area (Å²) < 4.78 is 5.45. The highest BCUT2D eigenvalue weighted by Crippen LogP contribution is 2.17. The lowest BCUT2D eigenvalue weighted by Gasteiger charge is -2.33. The fourth-order valence-electron chi connectivity index (χ4n) is 3.88. The first kappa shape index (κ1) is 24.8. The Morgan fingerprint density at radius 3 is 2.53 bits per heavy atom. The van der Waals surface area contributed by atoms with Crippen LogP contribution in [0.4, 0.5) is 5.69 Å². The highest BCUT2D eigenvalue weighted by molar-refractivity contribution is 14.0. The Balaban J connectivity index is 0.00000320. The van der Waals surface area contributed by atoms with Gasteiger partial charge in [-0.15, -0.1) is 24.0 Å².